The van der Waals surface area contributed by atoms with E-state index in [1.807, 2.05) is 0 Å². The van der Waals surface area contributed by atoms with Crippen molar-refractivity contribution in [3.63, 3.8) is 0 Å². The summed E-state index contributed by atoms with van der Waals surface area (Å²) >= 11 is 13.3. The maximum atomic E-state index is 12.6. The summed E-state index contributed by atoms with van der Waals surface area (Å²) in [7, 11) is -2.49. The molecule has 0 amide bonds. The number of anilines is 1. The quantitative estimate of drug-likeness (QED) is 0.850. The number of nitrogens with zero attached hydrogens (tertiary/aromatic N) is 3. The van der Waals surface area contributed by atoms with Crippen molar-refractivity contribution in [2.45, 2.75) is 18.7 Å². The number of benzene rings is 1. The van der Waals surface area contributed by atoms with E-state index in [9.17, 15) is 8.42 Å². The molecule has 0 aliphatic heterocycles. The maximum absolute atomic E-state index is 12.6. The van der Waals surface area contributed by atoms with Gasteiger partial charge in [0.2, 0.25) is 5.13 Å². The van der Waals surface area contributed by atoms with E-state index in [1.165, 1.54) is 24.5 Å². The van der Waals surface area contributed by atoms with Crippen LogP contribution in [-0.4, -0.2) is 25.7 Å². The average Bonchev–Trinajstić information content (AvgIpc) is 2.79. The van der Waals surface area contributed by atoms with Crippen molar-refractivity contribution in [2.75, 3.05) is 11.4 Å². The number of hydrogen-bond acceptors (Lipinski definition) is 5. The lowest BCUT2D eigenvalue weighted by Crippen LogP contribution is -2.27. The van der Waals surface area contributed by atoms with E-state index in [1.54, 1.807) is 19.9 Å². The van der Waals surface area contributed by atoms with Gasteiger partial charge in [-0.1, -0.05) is 40.6 Å². The normalized spacial score (nSPS) is 11.7. The van der Waals surface area contributed by atoms with Crippen LogP contribution in [0, 0.1) is 13.8 Å². The van der Waals surface area contributed by atoms with E-state index in [0.717, 1.165) is 4.31 Å². The van der Waals surface area contributed by atoms with Crippen LogP contribution in [0.4, 0.5) is 5.13 Å². The molecule has 0 bridgehead atoms. The molecule has 0 N–H and O–H groups in total. The molecule has 0 atom stereocenters. The molecule has 1 aromatic carbocycles. The first-order valence-corrected chi connectivity index (χ1v) is 8.50. The van der Waals surface area contributed by atoms with Gasteiger partial charge in [-0.05, 0) is 25.5 Å². The van der Waals surface area contributed by atoms with Crippen molar-refractivity contribution < 1.29 is 8.42 Å². The van der Waals surface area contributed by atoms with Crippen LogP contribution in [0.3, 0.4) is 0 Å². The largest absolute Gasteiger partial charge is 0.268 e. The van der Waals surface area contributed by atoms with E-state index >= 15 is 0 Å². The molecule has 0 aliphatic carbocycles. The molecule has 0 saturated carbocycles. The second-order valence-electron chi connectivity index (χ2n) is 4.08. The minimum atomic E-state index is -3.89. The Morgan fingerprint density at radius 2 is 1.85 bits per heavy atom. The second-order valence-corrected chi connectivity index (χ2v) is 7.93. The van der Waals surface area contributed by atoms with Gasteiger partial charge in [-0.25, -0.2) is 12.7 Å². The Morgan fingerprint density at radius 1 is 1.20 bits per heavy atom. The average molecular weight is 352 g/mol. The van der Waals surface area contributed by atoms with E-state index in [0.29, 0.717) is 10.6 Å². The summed E-state index contributed by atoms with van der Waals surface area (Å²) in [6.45, 7) is 3.46. The molecule has 20 heavy (non-hydrogen) atoms. The Hall–Kier alpha value is -0.890. The van der Waals surface area contributed by atoms with Gasteiger partial charge in [0.05, 0.1) is 10.0 Å². The van der Waals surface area contributed by atoms with Crippen LogP contribution in [0.2, 0.25) is 10.0 Å². The van der Waals surface area contributed by atoms with Crippen LogP contribution >= 0.6 is 34.5 Å². The Morgan fingerprint density at radius 3 is 2.40 bits per heavy atom. The Labute approximate surface area is 131 Å². The molecular weight excluding hydrogens is 341 g/mol. The van der Waals surface area contributed by atoms with Gasteiger partial charge in [0.1, 0.15) is 9.90 Å². The smallest absolute Gasteiger partial charge is 0.243 e. The summed E-state index contributed by atoms with van der Waals surface area (Å²) in [5.74, 6) is 0. The maximum Gasteiger partial charge on any atom is 0.268 e. The Kier molecular flexibility index (Phi) is 4.24. The summed E-state index contributed by atoms with van der Waals surface area (Å²) in [5, 5.41) is 8.75. The highest BCUT2D eigenvalue weighted by Crippen LogP contribution is 2.35. The molecule has 0 spiro atoms. The second kappa shape index (κ2) is 5.48. The third kappa shape index (κ3) is 2.63. The molecule has 2 aromatic rings. The van der Waals surface area contributed by atoms with Crippen molar-refractivity contribution >= 4 is 49.7 Å². The fourth-order valence-electron chi connectivity index (χ4n) is 1.52. The minimum absolute atomic E-state index is 0.0775. The van der Waals surface area contributed by atoms with Gasteiger partial charge >= 0.3 is 0 Å². The molecule has 0 radical (unpaired) electrons. The lowest BCUT2D eigenvalue weighted by atomic mass is 10.2. The van der Waals surface area contributed by atoms with E-state index in [2.05, 4.69) is 10.2 Å². The van der Waals surface area contributed by atoms with E-state index in [4.69, 9.17) is 23.2 Å². The number of aromatic nitrogens is 2. The standard InChI is InChI=1S/C11H11Cl2N3O2S2/c1-6-4-5-8(12)10(9(6)13)20(17,18)16(3)11-15-14-7(2)19-11/h4-5H,1-3H3. The monoisotopic (exact) mass is 351 g/mol. The zero-order valence-electron chi connectivity index (χ0n) is 10.9. The SMILES string of the molecule is Cc1nnc(N(C)S(=O)(=O)c2c(Cl)ccc(C)c2Cl)s1. The molecule has 9 heteroatoms. The molecule has 0 aliphatic rings. The highest BCUT2D eigenvalue weighted by Gasteiger charge is 2.29. The first kappa shape index (κ1) is 15.5. The highest BCUT2D eigenvalue weighted by molar-refractivity contribution is 7.93. The fraction of sp³-hybridized carbons (Fsp3) is 0.273. The first-order chi connectivity index (χ1) is 9.25. The summed E-state index contributed by atoms with van der Waals surface area (Å²) in [5.41, 5.74) is 0.636. The molecule has 0 saturated heterocycles. The van der Waals surface area contributed by atoms with Crippen LogP contribution < -0.4 is 4.31 Å². The van der Waals surface area contributed by atoms with Crippen LogP contribution in [0.1, 0.15) is 10.6 Å². The molecule has 108 valence electrons. The predicted molar refractivity (Wildman–Crippen MR) is 81.4 cm³/mol. The van der Waals surface area contributed by atoms with E-state index < -0.39 is 10.0 Å². The number of hydrogen-bond donors (Lipinski definition) is 0. The third-order valence-electron chi connectivity index (χ3n) is 2.65. The van der Waals surface area contributed by atoms with Crippen LogP contribution in [-0.2, 0) is 10.0 Å². The van der Waals surface area contributed by atoms with Crippen LogP contribution in [0.25, 0.3) is 0 Å². The summed E-state index contributed by atoms with van der Waals surface area (Å²) < 4.78 is 26.3. The molecule has 1 heterocycles. The molecule has 5 nitrogen and oxygen atoms in total. The number of halogens is 2. The number of aryl methyl sites for hydroxylation is 2. The zero-order chi connectivity index (χ0) is 15.1. The first-order valence-electron chi connectivity index (χ1n) is 5.48. The van der Waals surface area contributed by atoms with Gasteiger partial charge in [0.25, 0.3) is 10.0 Å². The van der Waals surface area contributed by atoms with Crippen molar-refractivity contribution in [1.29, 1.82) is 0 Å². The van der Waals surface area contributed by atoms with Gasteiger partial charge in [-0.15, -0.1) is 10.2 Å². The van der Waals surface area contributed by atoms with Gasteiger partial charge < -0.3 is 0 Å². The fourth-order valence-corrected chi connectivity index (χ4v) is 4.66. The molecular formula is C11H11Cl2N3O2S2. The molecule has 1 aromatic heterocycles. The zero-order valence-corrected chi connectivity index (χ0v) is 14.0. The highest BCUT2D eigenvalue weighted by atomic mass is 35.5. The van der Waals surface area contributed by atoms with Crippen LogP contribution in [0.15, 0.2) is 17.0 Å². The predicted octanol–water partition coefficient (Wildman–Crippen LogP) is 3.29. The van der Waals surface area contributed by atoms with Crippen molar-refractivity contribution in [1.82, 2.24) is 10.2 Å². The number of sulfonamides is 1. The Balaban J connectivity index is 2.59. The van der Waals surface area contributed by atoms with Gasteiger partial charge in [-0.2, -0.15) is 0 Å². The van der Waals surface area contributed by atoms with Crippen LogP contribution in [0.5, 0.6) is 0 Å². The lowest BCUT2D eigenvalue weighted by molar-refractivity contribution is 0.594. The third-order valence-corrected chi connectivity index (χ3v) is 6.54. The van der Waals surface area contributed by atoms with Crippen molar-refractivity contribution in [3.8, 4) is 0 Å². The Bertz CT molecular complexity index is 759. The van der Waals surface area contributed by atoms with E-state index in [-0.39, 0.29) is 20.1 Å². The van der Waals surface area contributed by atoms with Crippen molar-refractivity contribution in [3.05, 3.63) is 32.7 Å². The topological polar surface area (TPSA) is 63.2 Å². The van der Waals surface area contributed by atoms with Gasteiger partial charge in [0.15, 0.2) is 0 Å². The number of rotatable bonds is 3. The molecule has 0 unspecified atom stereocenters. The van der Waals surface area contributed by atoms with Gasteiger partial charge in [0, 0.05) is 7.05 Å². The van der Waals surface area contributed by atoms with Gasteiger partial charge in [-0.3, -0.25) is 0 Å². The summed E-state index contributed by atoms with van der Waals surface area (Å²) in [4.78, 5) is -0.115. The molecule has 2 rings (SSSR count). The van der Waals surface area contributed by atoms with Crippen molar-refractivity contribution in [2.24, 2.45) is 0 Å². The minimum Gasteiger partial charge on any atom is -0.243 e. The summed E-state index contributed by atoms with van der Waals surface area (Å²) in [6, 6.07) is 3.17. The molecule has 0 fully saturated rings. The lowest BCUT2D eigenvalue weighted by Gasteiger charge is -2.18. The summed E-state index contributed by atoms with van der Waals surface area (Å²) in [6.07, 6.45) is 0.